The highest BCUT2D eigenvalue weighted by Gasteiger charge is 2.41. The van der Waals surface area contributed by atoms with Crippen LogP contribution in [-0.2, 0) is 9.59 Å². The van der Waals surface area contributed by atoms with Gasteiger partial charge in [0.2, 0.25) is 5.91 Å². The Bertz CT molecular complexity index is 846. The molecule has 1 fully saturated rings. The molecule has 2 heterocycles. The van der Waals surface area contributed by atoms with Crippen LogP contribution in [0.1, 0.15) is 30.3 Å². The van der Waals surface area contributed by atoms with Gasteiger partial charge in [-0.1, -0.05) is 30.7 Å². The van der Waals surface area contributed by atoms with Crippen LogP contribution in [0.3, 0.4) is 0 Å². The van der Waals surface area contributed by atoms with Crippen LogP contribution in [0.5, 0.6) is 0 Å². The standard InChI is InChI=1S/C18H19ClN4O3/c1-3-8-23(15-10-16(24)22(2)18(15)26)17(25)14-9-13(20-21-14)11-4-6-12(19)7-5-11/h4-7,9,15H,3,8,10H2,1-2H3,(H,20,21). The fourth-order valence-corrected chi connectivity index (χ4v) is 3.10. The fourth-order valence-electron chi connectivity index (χ4n) is 2.97. The average molecular weight is 375 g/mol. The van der Waals surface area contributed by atoms with Crippen molar-refractivity contribution in [2.24, 2.45) is 0 Å². The monoisotopic (exact) mass is 374 g/mol. The summed E-state index contributed by atoms with van der Waals surface area (Å²) in [5.41, 5.74) is 1.70. The number of halogens is 1. The zero-order valence-electron chi connectivity index (χ0n) is 14.5. The Kier molecular flexibility index (Phi) is 5.08. The van der Waals surface area contributed by atoms with Gasteiger partial charge < -0.3 is 4.90 Å². The van der Waals surface area contributed by atoms with E-state index in [4.69, 9.17) is 11.6 Å². The molecule has 7 nitrogen and oxygen atoms in total. The lowest BCUT2D eigenvalue weighted by molar-refractivity contribution is -0.137. The third-order valence-electron chi connectivity index (χ3n) is 4.41. The number of benzene rings is 1. The molecule has 0 bridgehead atoms. The van der Waals surface area contributed by atoms with Gasteiger partial charge in [-0.05, 0) is 24.6 Å². The first-order chi connectivity index (χ1) is 12.4. The van der Waals surface area contributed by atoms with Crippen LogP contribution in [0.25, 0.3) is 11.3 Å². The van der Waals surface area contributed by atoms with Crippen LogP contribution in [0.15, 0.2) is 30.3 Å². The largest absolute Gasteiger partial charge is 0.325 e. The Morgan fingerprint density at radius 3 is 2.62 bits per heavy atom. The summed E-state index contributed by atoms with van der Waals surface area (Å²) >= 11 is 5.89. The van der Waals surface area contributed by atoms with Gasteiger partial charge in [0, 0.05) is 24.2 Å². The zero-order valence-corrected chi connectivity index (χ0v) is 15.3. The van der Waals surface area contributed by atoms with E-state index in [0.29, 0.717) is 23.7 Å². The number of imide groups is 1. The van der Waals surface area contributed by atoms with Gasteiger partial charge in [-0.2, -0.15) is 5.10 Å². The second-order valence-corrected chi connectivity index (χ2v) is 6.62. The second-order valence-electron chi connectivity index (χ2n) is 6.18. The molecule has 0 radical (unpaired) electrons. The lowest BCUT2D eigenvalue weighted by Gasteiger charge is -2.26. The van der Waals surface area contributed by atoms with E-state index in [9.17, 15) is 14.4 Å². The molecule has 1 N–H and O–H groups in total. The van der Waals surface area contributed by atoms with Crippen molar-refractivity contribution < 1.29 is 14.4 Å². The van der Waals surface area contributed by atoms with Crippen molar-refractivity contribution in [2.75, 3.05) is 13.6 Å². The zero-order chi connectivity index (χ0) is 18.8. The summed E-state index contributed by atoms with van der Waals surface area (Å²) in [6, 6.07) is 7.99. The van der Waals surface area contributed by atoms with Crippen LogP contribution in [0.2, 0.25) is 5.02 Å². The minimum Gasteiger partial charge on any atom is -0.325 e. The molecule has 1 aromatic heterocycles. The van der Waals surface area contributed by atoms with E-state index in [1.54, 1.807) is 18.2 Å². The number of carbonyl (C=O) groups excluding carboxylic acids is 3. The van der Waals surface area contributed by atoms with Gasteiger partial charge >= 0.3 is 0 Å². The minimum atomic E-state index is -0.762. The number of hydrogen-bond donors (Lipinski definition) is 1. The van der Waals surface area contributed by atoms with Crippen molar-refractivity contribution in [3.05, 3.63) is 41.0 Å². The summed E-state index contributed by atoms with van der Waals surface area (Å²) in [4.78, 5) is 39.6. The van der Waals surface area contributed by atoms with Crippen molar-refractivity contribution in [2.45, 2.75) is 25.8 Å². The first-order valence-electron chi connectivity index (χ1n) is 8.35. The van der Waals surface area contributed by atoms with E-state index >= 15 is 0 Å². The molecule has 0 aliphatic carbocycles. The first-order valence-corrected chi connectivity index (χ1v) is 8.73. The Morgan fingerprint density at radius 2 is 2.04 bits per heavy atom. The van der Waals surface area contributed by atoms with E-state index in [-0.39, 0.29) is 29.8 Å². The van der Waals surface area contributed by atoms with Gasteiger partial charge in [-0.3, -0.25) is 24.4 Å². The average Bonchev–Trinajstić information content (AvgIpc) is 3.21. The summed E-state index contributed by atoms with van der Waals surface area (Å²) in [6.45, 7) is 2.29. The Labute approximate surface area is 155 Å². The maximum atomic E-state index is 12.9. The highest BCUT2D eigenvalue weighted by atomic mass is 35.5. The molecule has 3 amide bonds. The van der Waals surface area contributed by atoms with Gasteiger partial charge in [0.1, 0.15) is 11.7 Å². The summed E-state index contributed by atoms with van der Waals surface area (Å²) in [6.07, 6.45) is 0.685. The number of aromatic amines is 1. The number of nitrogens with one attached hydrogen (secondary N) is 1. The maximum absolute atomic E-state index is 12.9. The number of likely N-dealkylation sites (tertiary alicyclic amines) is 1. The molecule has 1 aliphatic heterocycles. The van der Waals surface area contributed by atoms with Crippen LogP contribution in [0.4, 0.5) is 0 Å². The summed E-state index contributed by atoms with van der Waals surface area (Å²) in [5, 5.41) is 7.53. The lowest BCUT2D eigenvalue weighted by atomic mass is 10.1. The van der Waals surface area contributed by atoms with Gasteiger partial charge in [-0.15, -0.1) is 0 Å². The molecule has 1 saturated heterocycles. The summed E-state index contributed by atoms with van der Waals surface area (Å²) < 4.78 is 0. The molecular weight excluding hydrogens is 356 g/mol. The summed E-state index contributed by atoms with van der Waals surface area (Å²) in [5.74, 6) is -0.976. The number of aromatic nitrogens is 2. The summed E-state index contributed by atoms with van der Waals surface area (Å²) in [7, 11) is 1.44. The van der Waals surface area contributed by atoms with Crippen LogP contribution >= 0.6 is 11.6 Å². The number of amides is 3. The number of likely N-dealkylation sites (N-methyl/N-ethyl adjacent to an activating group) is 1. The van der Waals surface area contributed by atoms with Crippen molar-refractivity contribution in [1.29, 1.82) is 0 Å². The van der Waals surface area contributed by atoms with E-state index in [0.717, 1.165) is 10.5 Å². The smallest absolute Gasteiger partial charge is 0.272 e. The van der Waals surface area contributed by atoms with Crippen LogP contribution in [-0.4, -0.2) is 57.4 Å². The molecule has 2 aromatic rings. The minimum absolute atomic E-state index is 0.0131. The molecule has 0 saturated carbocycles. The van der Waals surface area contributed by atoms with Crippen molar-refractivity contribution in [1.82, 2.24) is 20.0 Å². The van der Waals surface area contributed by atoms with Crippen molar-refractivity contribution >= 4 is 29.3 Å². The number of rotatable bonds is 5. The highest BCUT2D eigenvalue weighted by Crippen LogP contribution is 2.23. The quantitative estimate of drug-likeness (QED) is 0.814. The molecule has 1 atom stereocenters. The number of H-pyrrole nitrogens is 1. The topological polar surface area (TPSA) is 86.4 Å². The number of nitrogens with zero attached hydrogens (tertiary/aromatic N) is 3. The molecule has 0 spiro atoms. The normalized spacial score (nSPS) is 17.0. The predicted molar refractivity (Wildman–Crippen MR) is 96.5 cm³/mol. The third-order valence-corrected chi connectivity index (χ3v) is 4.66. The molecule has 1 aliphatic rings. The third kappa shape index (κ3) is 3.35. The Morgan fingerprint density at radius 1 is 1.35 bits per heavy atom. The van der Waals surface area contributed by atoms with Crippen molar-refractivity contribution in [3.63, 3.8) is 0 Å². The van der Waals surface area contributed by atoms with Gasteiger partial charge in [-0.25, -0.2) is 0 Å². The van der Waals surface area contributed by atoms with Gasteiger partial charge in [0.25, 0.3) is 11.8 Å². The molecular formula is C18H19ClN4O3. The van der Waals surface area contributed by atoms with E-state index in [2.05, 4.69) is 10.2 Å². The van der Waals surface area contributed by atoms with E-state index in [1.807, 2.05) is 19.1 Å². The second kappa shape index (κ2) is 7.29. The Hall–Kier alpha value is -2.67. The number of hydrogen-bond acceptors (Lipinski definition) is 4. The molecule has 1 unspecified atom stereocenters. The molecule has 8 heteroatoms. The van der Waals surface area contributed by atoms with Crippen LogP contribution < -0.4 is 0 Å². The molecule has 1 aromatic carbocycles. The fraction of sp³-hybridized carbons (Fsp3) is 0.333. The van der Waals surface area contributed by atoms with Gasteiger partial charge in [0.15, 0.2) is 0 Å². The maximum Gasteiger partial charge on any atom is 0.272 e. The SMILES string of the molecule is CCCN(C(=O)c1cc(-c2ccc(Cl)cc2)n[nH]1)C1CC(=O)N(C)C1=O. The lowest BCUT2D eigenvalue weighted by Crippen LogP contribution is -2.45. The molecule has 26 heavy (non-hydrogen) atoms. The van der Waals surface area contributed by atoms with E-state index < -0.39 is 6.04 Å². The highest BCUT2D eigenvalue weighted by molar-refractivity contribution is 6.30. The van der Waals surface area contributed by atoms with Crippen molar-refractivity contribution in [3.8, 4) is 11.3 Å². The van der Waals surface area contributed by atoms with Crippen LogP contribution in [0, 0.1) is 0 Å². The Balaban J connectivity index is 1.85. The van der Waals surface area contributed by atoms with Gasteiger partial charge in [0.05, 0.1) is 12.1 Å². The first kappa shape index (κ1) is 18.1. The number of carbonyl (C=O) groups is 3. The van der Waals surface area contributed by atoms with E-state index in [1.165, 1.54) is 11.9 Å². The molecule has 3 rings (SSSR count). The molecule has 136 valence electrons. The predicted octanol–water partition coefficient (Wildman–Crippen LogP) is 2.34.